The first-order valence-electron chi connectivity index (χ1n) is 16.5. The molecule has 1 aliphatic heterocycles. The lowest BCUT2D eigenvalue weighted by molar-refractivity contribution is -0.252. The first-order valence-corrected chi connectivity index (χ1v) is 16.5. The maximum atomic E-state index is 13.6. The van der Waals surface area contributed by atoms with Crippen molar-refractivity contribution in [3.63, 3.8) is 0 Å². The van der Waals surface area contributed by atoms with Gasteiger partial charge in [0.05, 0.1) is 29.4 Å². The lowest BCUT2D eigenvalue weighted by Crippen LogP contribution is -2.57. The zero-order chi connectivity index (χ0) is 38.1. The van der Waals surface area contributed by atoms with Gasteiger partial charge in [-0.1, -0.05) is 31.2 Å². The molecule has 0 spiro atoms. The molecule has 282 valence electrons. The van der Waals surface area contributed by atoms with Crippen molar-refractivity contribution in [1.29, 1.82) is 0 Å². The molecule has 2 aromatic rings. The summed E-state index contributed by atoms with van der Waals surface area (Å²) in [4.78, 5) is 63.2. The number of aliphatic hydroxyl groups is 2. The number of phenolic OH excluding ortho intramolecular Hbond substituents is 2. The van der Waals surface area contributed by atoms with Crippen LogP contribution in [0.4, 0.5) is 18.0 Å². The summed E-state index contributed by atoms with van der Waals surface area (Å²) in [6, 6.07) is 4.19. The lowest BCUT2D eigenvalue weighted by atomic mass is 9.73. The summed E-state index contributed by atoms with van der Waals surface area (Å²) in [5.41, 5.74) is -3.77. The third kappa shape index (κ3) is 7.84. The fourth-order valence-corrected chi connectivity index (χ4v) is 6.58. The van der Waals surface area contributed by atoms with E-state index in [1.165, 1.54) is 31.2 Å². The third-order valence-corrected chi connectivity index (χ3v) is 9.11. The van der Waals surface area contributed by atoms with Crippen molar-refractivity contribution < 1.29 is 71.8 Å². The van der Waals surface area contributed by atoms with Crippen LogP contribution in [0.15, 0.2) is 24.3 Å². The summed E-state index contributed by atoms with van der Waals surface area (Å²) < 4.78 is 56.1. The van der Waals surface area contributed by atoms with Crippen LogP contribution in [0.5, 0.6) is 11.5 Å². The van der Waals surface area contributed by atoms with Gasteiger partial charge in [-0.25, -0.2) is 4.79 Å². The fourth-order valence-electron chi connectivity index (χ4n) is 6.58. The molecular formula is C34H38F3N3O12. The van der Waals surface area contributed by atoms with Gasteiger partial charge in [-0.2, -0.15) is 13.2 Å². The van der Waals surface area contributed by atoms with Crippen LogP contribution in [-0.2, 0) is 30.2 Å². The second-order valence-corrected chi connectivity index (χ2v) is 13.0. The Balaban J connectivity index is 1.46. The molecule has 1 saturated heterocycles. The maximum Gasteiger partial charge on any atom is 0.471 e. The molecule has 3 aliphatic rings. The SMILES string of the molecule is CCCNC(=O)CCNC(=O)OC[C@]1(O)Cc2c(O)c3c(c(O)c2[C@@H](O[C@H]2C[C@H](NC(=O)C(F)(F)F)[C@@H](O)[C@H](C)O2)C1)C(=O)c1ccccc1C3=O. The van der Waals surface area contributed by atoms with Crippen molar-refractivity contribution in [1.82, 2.24) is 16.0 Å². The summed E-state index contributed by atoms with van der Waals surface area (Å²) in [6.45, 7) is 2.77. The lowest BCUT2D eigenvalue weighted by Gasteiger charge is -2.43. The topological polar surface area (TPSA) is 230 Å². The molecule has 0 aromatic heterocycles. The zero-order valence-electron chi connectivity index (χ0n) is 28.0. The van der Waals surface area contributed by atoms with Crippen LogP contribution in [0.2, 0.25) is 0 Å². The number of aliphatic hydroxyl groups excluding tert-OH is 1. The number of ether oxygens (including phenoxy) is 3. The highest BCUT2D eigenvalue weighted by atomic mass is 19.4. The van der Waals surface area contributed by atoms with Crippen LogP contribution < -0.4 is 16.0 Å². The highest BCUT2D eigenvalue weighted by Crippen LogP contribution is 2.52. The fraction of sp³-hybridized carbons (Fsp3) is 0.500. The Bertz CT molecular complexity index is 1770. The Morgan fingerprint density at radius 1 is 1.02 bits per heavy atom. The van der Waals surface area contributed by atoms with E-state index in [1.54, 1.807) is 5.32 Å². The molecule has 0 saturated carbocycles. The van der Waals surface area contributed by atoms with E-state index in [0.29, 0.717) is 13.0 Å². The summed E-state index contributed by atoms with van der Waals surface area (Å²) >= 11 is 0. The smallest absolute Gasteiger partial charge is 0.471 e. The molecule has 2 aromatic carbocycles. The monoisotopic (exact) mass is 737 g/mol. The molecule has 7 N–H and O–H groups in total. The van der Waals surface area contributed by atoms with Crippen molar-refractivity contribution in [2.24, 2.45) is 0 Å². The Morgan fingerprint density at radius 3 is 2.27 bits per heavy atom. The number of fused-ring (bicyclic) bond motifs is 3. The summed E-state index contributed by atoms with van der Waals surface area (Å²) in [6.07, 6.45) is -13.1. The quantitative estimate of drug-likeness (QED) is 0.148. The Hall–Kier alpha value is -4.78. The van der Waals surface area contributed by atoms with Crippen LogP contribution in [0.25, 0.3) is 0 Å². The molecule has 6 atom stereocenters. The van der Waals surface area contributed by atoms with Crippen LogP contribution in [0.3, 0.4) is 0 Å². The van der Waals surface area contributed by atoms with E-state index in [-0.39, 0.29) is 41.1 Å². The molecule has 1 heterocycles. The molecule has 3 amide bonds. The van der Waals surface area contributed by atoms with E-state index in [9.17, 15) is 57.6 Å². The van der Waals surface area contributed by atoms with E-state index >= 15 is 0 Å². The highest BCUT2D eigenvalue weighted by Gasteiger charge is 2.49. The highest BCUT2D eigenvalue weighted by molar-refractivity contribution is 6.30. The average Bonchev–Trinajstić information content (AvgIpc) is 3.08. The first-order chi connectivity index (χ1) is 24.5. The van der Waals surface area contributed by atoms with Crippen molar-refractivity contribution in [2.45, 2.75) is 88.4 Å². The van der Waals surface area contributed by atoms with Gasteiger partial charge >= 0.3 is 18.2 Å². The van der Waals surface area contributed by atoms with Gasteiger partial charge in [0.25, 0.3) is 0 Å². The number of hydrogen-bond acceptors (Lipinski definition) is 12. The first kappa shape index (κ1) is 38.5. The van der Waals surface area contributed by atoms with E-state index in [2.05, 4.69) is 10.6 Å². The number of nitrogens with one attached hydrogen (secondary N) is 3. The van der Waals surface area contributed by atoms with Crippen LogP contribution in [0.1, 0.15) is 88.6 Å². The summed E-state index contributed by atoms with van der Waals surface area (Å²) in [5, 5.41) is 52.2. The van der Waals surface area contributed by atoms with Gasteiger partial charge in [0, 0.05) is 61.0 Å². The zero-order valence-corrected chi connectivity index (χ0v) is 28.0. The number of alkyl carbamates (subject to hydrolysis) is 1. The number of rotatable bonds is 10. The molecule has 0 bridgehead atoms. The standard InChI is InChI=1S/C34H38F3N3O12/c1-3-9-38-21(41)8-10-39-32(48)50-14-33(49)12-18-23(30(46)25-24(29(18)45)27(43)16-6-4-5-7-17(16)28(25)44)20(13-33)52-22-11-19(26(42)15(2)51-22)40-31(47)34(35,36)37/h4-7,15,19-20,22,26,42,45-46,49H,3,8-14H2,1-2H3,(H,38,41)(H,39,48)(H,40,47)/t15-,19-,20-,22-,26-,33-/m0/s1. The van der Waals surface area contributed by atoms with Gasteiger partial charge < -0.3 is 50.6 Å². The van der Waals surface area contributed by atoms with Gasteiger partial charge in [-0.05, 0) is 13.3 Å². The van der Waals surface area contributed by atoms with Crippen LogP contribution in [0, 0.1) is 0 Å². The van der Waals surface area contributed by atoms with Gasteiger partial charge in [-0.15, -0.1) is 0 Å². The van der Waals surface area contributed by atoms with Gasteiger partial charge in [0.1, 0.15) is 29.8 Å². The predicted molar refractivity (Wildman–Crippen MR) is 170 cm³/mol. The minimum absolute atomic E-state index is 0.0491. The van der Waals surface area contributed by atoms with Gasteiger partial charge in [0.15, 0.2) is 17.9 Å². The van der Waals surface area contributed by atoms with Crippen molar-refractivity contribution in [3.05, 3.63) is 57.6 Å². The largest absolute Gasteiger partial charge is 0.507 e. The van der Waals surface area contributed by atoms with Crippen molar-refractivity contribution >= 4 is 29.5 Å². The maximum absolute atomic E-state index is 13.6. The molecule has 0 unspecified atom stereocenters. The number of alkyl halides is 3. The molecular weight excluding hydrogens is 699 g/mol. The Morgan fingerprint density at radius 2 is 1.65 bits per heavy atom. The Labute approximate surface area is 294 Å². The summed E-state index contributed by atoms with van der Waals surface area (Å²) in [5.74, 6) is -5.78. The molecule has 18 heteroatoms. The molecule has 52 heavy (non-hydrogen) atoms. The Kier molecular flexibility index (Phi) is 11.1. The molecule has 2 aliphatic carbocycles. The number of carbonyl (C=O) groups excluding carboxylic acids is 5. The number of benzene rings is 2. The second kappa shape index (κ2) is 15.1. The number of aromatic hydroxyl groups is 2. The van der Waals surface area contributed by atoms with E-state index in [1.807, 2.05) is 6.92 Å². The van der Waals surface area contributed by atoms with Crippen molar-refractivity contribution in [3.8, 4) is 11.5 Å². The van der Waals surface area contributed by atoms with Crippen LogP contribution >= 0.6 is 0 Å². The normalized spacial score (nSPS) is 25.3. The minimum atomic E-state index is -5.27. The van der Waals surface area contributed by atoms with E-state index < -0.39 is 114 Å². The van der Waals surface area contributed by atoms with E-state index in [0.717, 1.165) is 0 Å². The second-order valence-electron chi connectivity index (χ2n) is 13.0. The molecule has 0 radical (unpaired) electrons. The minimum Gasteiger partial charge on any atom is -0.507 e. The molecule has 1 fully saturated rings. The van der Waals surface area contributed by atoms with E-state index in [4.69, 9.17) is 14.2 Å². The molecule has 15 nitrogen and oxygen atoms in total. The molecule has 5 rings (SSSR count). The number of carbonyl (C=O) groups is 5. The number of phenols is 2. The predicted octanol–water partition coefficient (Wildman–Crippen LogP) is 1.79. The number of ketones is 2. The van der Waals surface area contributed by atoms with Crippen molar-refractivity contribution in [2.75, 3.05) is 19.7 Å². The summed E-state index contributed by atoms with van der Waals surface area (Å²) in [7, 11) is 0. The number of halogens is 3. The number of hydrogen-bond donors (Lipinski definition) is 7. The van der Waals surface area contributed by atoms with Gasteiger partial charge in [0.2, 0.25) is 5.91 Å². The van der Waals surface area contributed by atoms with Crippen LogP contribution in [-0.4, -0.2) is 106 Å². The van der Waals surface area contributed by atoms with Gasteiger partial charge in [-0.3, -0.25) is 19.2 Å². The number of amides is 3. The third-order valence-electron chi connectivity index (χ3n) is 9.11. The average molecular weight is 738 g/mol.